The van der Waals surface area contributed by atoms with Crippen LogP contribution in [0.5, 0.6) is 0 Å². The number of rotatable bonds is 6. The molecule has 0 bridgehead atoms. The van der Waals surface area contributed by atoms with Crippen LogP contribution in [0.3, 0.4) is 0 Å². The largest absolute Gasteiger partial charge is 0.587 e. The van der Waals surface area contributed by atoms with Gasteiger partial charge in [0.25, 0.3) is 11.8 Å². The number of β-lactam (4-membered cyclic amide) rings is 1. The van der Waals surface area contributed by atoms with E-state index in [0.29, 0.717) is 16.0 Å². The van der Waals surface area contributed by atoms with Crippen molar-refractivity contribution in [3.05, 3.63) is 35.8 Å². The van der Waals surface area contributed by atoms with Crippen LogP contribution in [-0.2, 0) is 30.5 Å². The van der Waals surface area contributed by atoms with Crippen LogP contribution in [0.4, 0.5) is 0 Å². The number of carboxylic acids is 1. The zero-order valence-electron chi connectivity index (χ0n) is 16.4. The van der Waals surface area contributed by atoms with Crippen LogP contribution in [0.15, 0.2) is 45.1 Å². The van der Waals surface area contributed by atoms with Crippen molar-refractivity contribution in [2.24, 2.45) is 5.41 Å². The van der Waals surface area contributed by atoms with Crippen LogP contribution in [0.1, 0.15) is 6.92 Å². The molecule has 2 aromatic rings. The van der Waals surface area contributed by atoms with Gasteiger partial charge in [0.05, 0.1) is 0 Å². The second kappa shape index (κ2) is 9.02. The maximum absolute atomic E-state index is 13.0. The molecule has 2 fully saturated rings. The first-order valence-electron chi connectivity index (χ1n) is 9.17. The van der Waals surface area contributed by atoms with Crippen LogP contribution in [0.2, 0.25) is 0 Å². The monoisotopic (exact) mass is 512 g/mol. The minimum atomic E-state index is -1.86. The van der Waals surface area contributed by atoms with Crippen LogP contribution in [0, 0.1) is 5.41 Å². The third kappa shape index (κ3) is 3.90. The molecule has 2 aliphatic rings. The molecule has 10 nitrogen and oxygen atoms in total. The molecule has 2 saturated heterocycles. The highest BCUT2D eigenvalue weighted by molar-refractivity contribution is 8.13. The normalized spacial score (nSPS) is 25.4. The standard InChI is InChI=1S/C18H16N4O6S4/c1-10(23)22(32(28)12-5-3-7-29-12)13-14(24)21-8-18(16(25)26,9-30-15(13)21)17(27)31-11-4-2-6-19-20-11/h2-7,13,15H,8-9H2,1H3,(H,25,26)/t13?,15-,18?,32?/m1/s1. The van der Waals surface area contributed by atoms with Gasteiger partial charge >= 0.3 is 5.97 Å². The topological polar surface area (TPSA) is 144 Å². The number of thiophene rings is 1. The third-order valence-electron chi connectivity index (χ3n) is 5.01. The maximum atomic E-state index is 13.0. The van der Waals surface area contributed by atoms with Crippen LogP contribution in [0.25, 0.3) is 0 Å². The number of nitrogens with zero attached hydrogens (tertiary/aromatic N) is 4. The lowest BCUT2D eigenvalue weighted by atomic mass is 9.88. The molecule has 0 aromatic carbocycles. The van der Waals surface area contributed by atoms with Crippen LogP contribution >= 0.6 is 34.9 Å². The predicted molar refractivity (Wildman–Crippen MR) is 118 cm³/mol. The number of thioether (sulfide) groups is 2. The summed E-state index contributed by atoms with van der Waals surface area (Å²) < 4.78 is 14.4. The SMILES string of the molecule is CC(=O)N(C1C(=O)N2CC(C(=O)O)(C(=O)Sc3cccnn3)CS[C@H]12)[S+]([O-])c1cccs1. The van der Waals surface area contributed by atoms with E-state index in [2.05, 4.69) is 10.2 Å². The maximum Gasteiger partial charge on any atom is 0.320 e. The van der Waals surface area contributed by atoms with E-state index >= 15 is 0 Å². The summed E-state index contributed by atoms with van der Waals surface area (Å²) in [5.74, 6) is -2.51. The van der Waals surface area contributed by atoms with Gasteiger partial charge in [0.2, 0.25) is 9.32 Å². The summed E-state index contributed by atoms with van der Waals surface area (Å²) in [5, 5.41) is 18.1. The van der Waals surface area contributed by atoms with Crippen molar-refractivity contribution < 1.29 is 28.8 Å². The second-order valence-electron chi connectivity index (χ2n) is 6.98. The molecular formula is C18H16N4O6S4. The molecule has 2 aliphatic heterocycles. The summed E-state index contributed by atoms with van der Waals surface area (Å²) in [6.45, 7) is 0.899. The Kier molecular flexibility index (Phi) is 6.49. The van der Waals surface area contributed by atoms with Gasteiger partial charge in [-0.25, -0.2) is 0 Å². The Morgan fingerprint density at radius 3 is 2.75 bits per heavy atom. The van der Waals surface area contributed by atoms with Crippen molar-refractivity contribution >= 4 is 69.1 Å². The zero-order chi connectivity index (χ0) is 23.0. The number of hydrogen-bond donors (Lipinski definition) is 1. The molecule has 168 valence electrons. The fourth-order valence-corrected chi connectivity index (χ4v) is 8.20. The number of carbonyl (C=O) groups excluding carboxylic acids is 3. The molecule has 3 unspecified atom stereocenters. The van der Waals surface area contributed by atoms with E-state index in [-0.39, 0.29) is 17.3 Å². The fourth-order valence-electron chi connectivity index (χ4n) is 3.39. The number of carboxylic acid groups (broad SMARTS) is 1. The molecule has 4 atom stereocenters. The van der Waals surface area contributed by atoms with Crippen molar-refractivity contribution in [3.8, 4) is 0 Å². The number of fused-ring (bicyclic) bond motifs is 1. The fraction of sp³-hybridized carbons (Fsp3) is 0.333. The lowest BCUT2D eigenvalue weighted by Gasteiger charge is -2.54. The summed E-state index contributed by atoms with van der Waals surface area (Å²) in [4.78, 5) is 51.6. The summed E-state index contributed by atoms with van der Waals surface area (Å²) in [5.41, 5.74) is -1.84. The first-order chi connectivity index (χ1) is 15.3. The minimum absolute atomic E-state index is 0.100. The summed E-state index contributed by atoms with van der Waals surface area (Å²) in [6, 6.07) is 5.44. The van der Waals surface area contributed by atoms with Gasteiger partial charge in [-0.2, -0.15) is 5.10 Å². The Bertz CT molecular complexity index is 1060. The number of aromatic nitrogens is 2. The van der Waals surface area contributed by atoms with Crippen molar-refractivity contribution in [2.75, 3.05) is 12.3 Å². The molecule has 0 saturated carbocycles. The lowest BCUT2D eigenvalue weighted by molar-refractivity contribution is -0.163. The molecule has 2 amide bonds. The molecule has 2 aromatic heterocycles. The Morgan fingerprint density at radius 1 is 1.38 bits per heavy atom. The first-order valence-corrected chi connectivity index (χ1v) is 13.0. The highest BCUT2D eigenvalue weighted by Gasteiger charge is 2.64. The molecule has 0 spiro atoms. The van der Waals surface area contributed by atoms with Gasteiger partial charge in [-0.1, -0.05) is 11.3 Å². The van der Waals surface area contributed by atoms with Gasteiger partial charge < -0.3 is 14.6 Å². The van der Waals surface area contributed by atoms with Gasteiger partial charge in [-0.3, -0.25) is 19.2 Å². The van der Waals surface area contributed by atoms with Gasteiger partial charge in [0, 0.05) is 31.5 Å². The predicted octanol–water partition coefficient (Wildman–Crippen LogP) is 1.08. The highest BCUT2D eigenvalue weighted by atomic mass is 32.2. The van der Waals surface area contributed by atoms with E-state index in [1.165, 1.54) is 29.4 Å². The Labute approximate surface area is 198 Å². The van der Waals surface area contributed by atoms with E-state index in [0.717, 1.165) is 16.1 Å². The number of amides is 2. The highest BCUT2D eigenvalue weighted by Crippen LogP contribution is 2.47. The molecule has 4 heterocycles. The average molecular weight is 513 g/mol. The Morgan fingerprint density at radius 2 is 2.16 bits per heavy atom. The van der Waals surface area contributed by atoms with Crippen LogP contribution in [-0.4, -0.2) is 75.7 Å². The smallest absolute Gasteiger partial charge is 0.320 e. The summed E-state index contributed by atoms with van der Waals surface area (Å²) in [7, 11) is 0. The Balaban J connectivity index is 1.54. The second-order valence-corrected chi connectivity index (χ2v) is 11.6. The average Bonchev–Trinajstić information content (AvgIpc) is 3.31. The van der Waals surface area contributed by atoms with E-state index in [4.69, 9.17) is 0 Å². The van der Waals surface area contributed by atoms with Crippen molar-refractivity contribution in [1.82, 2.24) is 19.4 Å². The van der Waals surface area contributed by atoms with E-state index < -0.39 is 51.1 Å². The van der Waals surface area contributed by atoms with E-state index in [9.17, 15) is 28.8 Å². The first kappa shape index (κ1) is 23.0. The van der Waals surface area contributed by atoms with Gasteiger partial charge in [0.15, 0.2) is 11.5 Å². The van der Waals surface area contributed by atoms with Crippen molar-refractivity contribution in [1.29, 1.82) is 0 Å². The van der Waals surface area contributed by atoms with Crippen molar-refractivity contribution in [2.45, 2.75) is 27.6 Å². The molecule has 0 radical (unpaired) electrons. The number of carbonyl (C=O) groups is 4. The van der Waals surface area contributed by atoms with E-state index in [1.54, 1.807) is 29.6 Å². The van der Waals surface area contributed by atoms with Crippen molar-refractivity contribution in [3.63, 3.8) is 0 Å². The summed E-state index contributed by atoms with van der Waals surface area (Å²) in [6.07, 6.45) is 1.43. The number of aliphatic carboxylic acids is 1. The zero-order valence-corrected chi connectivity index (χ0v) is 19.7. The molecular weight excluding hydrogens is 496 g/mol. The van der Waals surface area contributed by atoms with Crippen LogP contribution < -0.4 is 0 Å². The third-order valence-corrected chi connectivity index (χ3v) is 10.2. The number of hydrogen-bond acceptors (Lipinski definition) is 10. The molecule has 1 N–H and O–H groups in total. The quantitative estimate of drug-likeness (QED) is 0.258. The van der Waals surface area contributed by atoms with Gasteiger partial charge in [-0.15, -0.1) is 21.2 Å². The minimum Gasteiger partial charge on any atom is -0.587 e. The lowest BCUT2D eigenvalue weighted by Crippen LogP contribution is -2.75. The van der Waals surface area contributed by atoms with Gasteiger partial charge in [0.1, 0.15) is 21.8 Å². The molecule has 4 rings (SSSR count). The Hall–Kier alpha value is -2.13. The van der Waals surface area contributed by atoms with Gasteiger partial charge in [-0.05, 0) is 35.3 Å². The summed E-state index contributed by atoms with van der Waals surface area (Å²) >= 11 is 1.10. The molecule has 32 heavy (non-hydrogen) atoms. The molecule has 14 heteroatoms. The van der Waals surface area contributed by atoms with E-state index in [1.807, 2.05) is 0 Å². The molecule has 0 aliphatic carbocycles.